The van der Waals surface area contributed by atoms with Gasteiger partial charge in [-0.2, -0.15) is 0 Å². The van der Waals surface area contributed by atoms with Gasteiger partial charge in [-0.25, -0.2) is 4.39 Å². The lowest BCUT2D eigenvalue weighted by Gasteiger charge is -2.36. The van der Waals surface area contributed by atoms with E-state index in [2.05, 4.69) is 41.1 Å². The number of anilines is 2. The summed E-state index contributed by atoms with van der Waals surface area (Å²) in [6.45, 7) is 8.51. The minimum absolute atomic E-state index is 0.138. The van der Waals surface area contributed by atoms with E-state index in [1.807, 2.05) is 54.6 Å². The largest absolute Gasteiger partial charge is 0.369 e. The predicted molar refractivity (Wildman–Crippen MR) is 139 cm³/mol. The third-order valence-corrected chi connectivity index (χ3v) is 6.25. The molecule has 4 rings (SSSR count). The number of carbonyl (C=O) groups excluding carboxylic acids is 1. The summed E-state index contributed by atoms with van der Waals surface area (Å²) in [5, 5.41) is 2.92. The molecule has 0 aliphatic carbocycles. The Bertz CT molecular complexity index is 1110. The van der Waals surface area contributed by atoms with Gasteiger partial charge >= 0.3 is 0 Å². The van der Waals surface area contributed by atoms with Gasteiger partial charge in [-0.3, -0.25) is 9.69 Å². The third-order valence-electron chi connectivity index (χ3n) is 6.25. The van der Waals surface area contributed by atoms with E-state index in [-0.39, 0.29) is 11.7 Å². The highest BCUT2D eigenvalue weighted by atomic mass is 19.1. The number of piperazine rings is 1. The van der Waals surface area contributed by atoms with E-state index in [0.717, 1.165) is 48.7 Å². The zero-order valence-electron chi connectivity index (χ0n) is 19.9. The molecule has 0 saturated carbocycles. The molecule has 0 spiro atoms. The highest BCUT2D eigenvalue weighted by Gasteiger charge is 2.18. The van der Waals surface area contributed by atoms with Gasteiger partial charge < -0.3 is 10.2 Å². The van der Waals surface area contributed by atoms with Gasteiger partial charge in [-0.1, -0.05) is 56.3 Å². The van der Waals surface area contributed by atoms with Crippen LogP contribution in [0, 0.1) is 5.82 Å². The normalized spacial score (nSPS) is 14.6. The van der Waals surface area contributed by atoms with E-state index < -0.39 is 0 Å². The van der Waals surface area contributed by atoms with Gasteiger partial charge in [0.25, 0.3) is 0 Å². The van der Waals surface area contributed by atoms with Gasteiger partial charge in [0.15, 0.2) is 0 Å². The van der Waals surface area contributed by atoms with Crippen LogP contribution in [0.15, 0.2) is 78.9 Å². The summed E-state index contributed by atoms with van der Waals surface area (Å²) in [7, 11) is 0. The first-order valence-electron chi connectivity index (χ1n) is 11.9. The fraction of sp³-hybridized carbons (Fsp3) is 0.276. The van der Waals surface area contributed by atoms with Crippen molar-refractivity contribution in [1.82, 2.24) is 4.90 Å². The molecule has 3 aromatic rings. The van der Waals surface area contributed by atoms with E-state index in [4.69, 9.17) is 0 Å². The van der Waals surface area contributed by atoms with E-state index in [1.54, 1.807) is 12.1 Å². The molecule has 1 N–H and O–H groups in total. The van der Waals surface area contributed by atoms with Crippen molar-refractivity contribution in [3.05, 3.63) is 101 Å². The fourth-order valence-electron chi connectivity index (χ4n) is 4.14. The molecule has 1 fully saturated rings. The average molecular weight is 458 g/mol. The number of rotatable bonds is 7. The SMILES string of the molecule is CC(C)c1ccc(C=CC(=O)Nc2ccc(N3CCN(Cc4ccccc4F)CC3)cc2)cc1. The van der Waals surface area contributed by atoms with Crippen LogP contribution in [-0.4, -0.2) is 37.0 Å². The lowest BCUT2D eigenvalue weighted by atomic mass is 10.0. The fourth-order valence-corrected chi connectivity index (χ4v) is 4.14. The minimum atomic E-state index is -0.151. The summed E-state index contributed by atoms with van der Waals surface area (Å²) in [5.74, 6) is 0.205. The number of carbonyl (C=O) groups is 1. The molecule has 1 saturated heterocycles. The summed E-state index contributed by atoms with van der Waals surface area (Å²) in [5.41, 5.74) is 4.94. The van der Waals surface area contributed by atoms with Gasteiger partial charge in [0.05, 0.1) is 0 Å². The zero-order valence-corrected chi connectivity index (χ0v) is 19.9. The number of nitrogens with zero attached hydrogens (tertiary/aromatic N) is 2. The molecule has 1 aliphatic rings. The van der Waals surface area contributed by atoms with Crippen LogP contribution >= 0.6 is 0 Å². The van der Waals surface area contributed by atoms with Crippen molar-refractivity contribution in [2.75, 3.05) is 36.4 Å². The molecule has 1 heterocycles. The summed E-state index contributed by atoms with van der Waals surface area (Å²) in [6, 6.07) is 23.2. The van der Waals surface area contributed by atoms with Crippen molar-refractivity contribution in [3.8, 4) is 0 Å². The van der Waals surface area contributed by atoms with Gasteiger partial charge in [0.2, 0.25) is 5.91 Å². The Hall–Kier alpha value is -3.44. The molecule has 176 valence electrons. The third kappa shape index (κ3) is 6.33. The maximum atomic E-state index is 13.9. The Kier molecular flexibility index (Phi) is 7.76. The van der Waals surface area contributed by atoms with Crippen molar-refractivity contribution in [3.63, 3.8) is 0 Å². The summed E-state index contributed by atoms with van der Waals surface area (Å²) >= 11 is 0. The highest BCUT2D eigenvalue weighted by Crippen LogP contribution is 2.21. The van der Waals surface area contributed by atoms with Crippen molar-refractivity contribution in [2.45, 2.75) is 26.3 Å². The van der Waals surface area contributed by atoms with Gasteiger partial charge in [0, 0.05) is 55.7 Å². The Morgan fingerprint density at radius 3 is 2.26 bits per heavy atom. The van der Waals surface area contributed by atoms with Crippen molar-refractivity contribution >= 4 is 23.4 Å². The maximum Gasteiger partial charge on any atom is 0.248 e. The summed E-state index contributed by atoms with van der Waals surface area (Å²) in [6.07, 6.45) is 3.39. The summed E-state index contributed by atoms with van der Waals surface area (Å²) in [4.78, 5) is 16.9. The van der Waals surface area contributed by atoms with E-state index in [0.29, 0.717) is 12.5 Å². The van der Waals surface area contributed by atoms with Crippen LogP contribution in [0.5, 0.6) is 0 Å². The standard InChI is InChI=1S/C29H32FN3O/c1-22(2)24-10-7-23(8-11-24)9-16-29(34)31-26-12-14-27(15-13-26)33-19-17-32(18-20-33)21-25-5-3-4-6-28(25)30/h3-16,22H,17-21H2,1-2H3,(H,31,34). The molecular formula is C29H32FN3O. The Labute approximate surface area is 201 Å². The number of halogens is 1. The molecule has 0 bridgehead atoms. The van der Waals surface area contributed by atoms with Crippen molar-refractivity contribution in [1.29, 1.82) is 0 Å². The van der Waals surface area contributed by atoms with Crippen LogP contribution < -0.4 is 10.2 Å². The Balaban J connectivity index is 1.26. The van der Waals surface area contributed by atoms with Crippen molar-refractivity contribution in [2.24, 2.45) is 0 Å². The molecule has 34 heavy (non-hydrogen) atoms. The Morgan fingerprint density at radius 2 is 1.62 bits per heavy atom. The number of hydrogen-bond donors (Lipinski definition) is 1. The molecule has 1 amide bonds. The topological polar surface area (TPSA) is 35.6 Å². The molecular weight excluding hydrogens is 425 g/mol. The monoisotopic (exact) mass is 457 g/mol. The van der Waals surface area contributed by atoms with Crippen molar-refractivity contribution < 1.29 is 9.18 Å². The lowest BCUT2D eigenvalue weighted by Crippen LogP contribution is -2.46. The Morgan fingerprint density at radius 1 is 0.941 bits per heavy atom. The molecule has 0 unspecified atom stereocenters. The van der Waals surface area contributed by atoms with Crippen LogP contribution in [0.1, 0.15) is 36.5 Å². The average Bonchev–Trinajstić information content (AvgIpc) is 2.85. The first-order valence-corrected chi connectivity index (χ1v) is 11.9. The zero-order chi connectivity index (χ0) is 23.9. The van der Waals surface area contributed by atoms with E-state index in [9.17, 15) is 9.18 Å². The number of benzene rings is 3. The second kappa shape index (κ2) is 11.1. The number of amides is 1. The second-order valence-electron chi connectivity index (χ2n) is 9.05. The molecule has 4 nitrogen and oxygen atoms in total. The van der Waals surface area contributed by atoms with E-state index in [1.165, 1.54) is 11.6 Å². The molecule has 5 heteroatoms. The van der Waals surface area contributed by atoms with Gasteiger partial charge in [-0.05, 0) is 53.5 Å². The molecule has 1 aliphatic heterocycles. The first-order chi connectivity index (χ1) is 16.5. The minimum Gasteiger partial charge on any atom is -0.369 e. The molecule has 0 aromatic heterocycles. The molecule has 3 aromatic carbocycles. The van der Waals surface area contributed by atoms with Crippen LogP contribution in [0.4, 0.5) is 15.8 Å². The lowest BCUT2D eigenvalue weighted by molar-refractivity contribution is -0.111. The van der Waals surface area contributed by atoms with Crippen LogP contribution in [0.2, 0.25) is 0 Å². The molecule has 0 radical (unpaired) electrons. The van der Waals surface area contributed by atoms with Crippen LogP contribution in [-0.2, 0) is 11.3 Å². The van der Waals surface area contributed by atoms with E-state index >= 15 is 0 Å². The second-order valence-corrected chi connectivity index (χ2v) is 9.05. The first kappa shape index (κ1) is 23.7. The number of nitrogens with one attached hydrogen (secondary N) is 1. The number of hydrogen-bond acceptors (Lipinski definition) is 3. The maximum absolute atomic E-state index is 13.9. The van der Waals surface area contributed by atoms with Gasteiger partial charge in [0.1, 0.15) is 5.82 Å². The van der Waals surface area contributed by atoms with Crippen LogP contribution in [0.25, 0.3) is 6.08 Å². The smallest absolute Gasteiger partial charge is 0.248 e. The quantitative estimate of drug-likeness (QED) is 0.447. The summed E-state index contributed by atoms with van der Waals surface area (Å²) < 4.78 is 13.9. The highest BCUT2D eigenvalue weighted by molar-refractivity contribution is 6.02. The van der Waals surface area contributed by atoms with Crippen LogP contribution in [0.3, 0.4) is 0 Å². The predicted octanol–water partition coefficient (Wildman–Crippen LogP) is 5.92. The molecule has 0 atom stereocenters. The van der Waals surface area contributed by atoms with Gasteiger partial charge in [-0.15, -0.1) is 0 Å².